The molecule has 3 aromatic rings. The number of ether oxygens (including phenoxy) is 3. The lowest BCUT2D eigenvalue weighted by molar-refractivity contribution is 0.0926. The molecule has 0 aliphatic heterocycles. The monoisotopic (exact) mass is 407 g/mol. The van der Waals surface area contributed by atoms with Gasteiger partial charge in [-0.3, -0.25) is 10.1 Å². The molecule has 10 heteroatoms. The molecule has 2 aromatic heterocycles. The Balaban J connectivity index is 1.85. The number of rotatable bonds is 6. The van der Waals surface area contributed by atoms with E-state index in [4.69, 9.17) is 14.2 Å². The van der Waals surface area contributed by atoms with Crippen molar-refractivity contribution in [2.75, 3.05) is 26.1 Å². The number of imide groups is 1. The molecule has 1 aromatic carbocycles. The fourth-order valence-electron chi connectivity index (χ4n) is 2.31. The maximum absolute atomic E-state index is 12.3. The van der Waals surface area contributed by atoms with E-state index in [2.05, 4.69) is 15.6 Å². The highest BCUT2D eigenvalue weighted by Gasteiger charge is 2.18. The topological polar surface area (TPSA) is 98.8 Å². The largest absolute Gasteiger partial charge is 0.497 e. The van der Waals surface area contributed by atoms with Crippen molar-refractivity contribution in [2.24, 2.45) is 0 Å². The van der Waals surface area contributed by atoms with Crippen LogP contribution in [0.25, 0.3) is 10.2 Å². The van der Waals surface area contributed by atoms with Gasteiger partial charge in [0.05, 0.1) is 31.1 Å². The molecule has 3 rings (SSSR count). The van der Waals surface area contributed by atoms with Crippen LogP contribution in [0.15, 0.2) is 23.6 Å². The first-order valence-electron chi connectivity index (χ1n) is 7.90. The van der Waals surface area contributed by atoms with Crippen LogP contribution in [0.4, 0.5) is 14.9 Å². The van der Waals surface area contributed by atoms with E-state index in [-0.39, 0.29) is 6.61 Å². The quantitative estimate of drug-likeness (QED) is 0.637. The minimum Gasteiger partial charge on any atom is -0.497 e. The summed E-state index contributed by atoms with van der Waals surface area (Å²) in [6.07, 6.45) is -0.781. The van der Waals surface area contributed by atoms with Crippen LogP contribution in [0.1, 0.15) is 17.3 Å². The highest BCUT2D eigenvalue weighted by Crippen LogP contribution is 2.38. The zero-order chi connectivity index (χ0) is 19.4. The van der Waals surface area contributed by atoms with E-state index in [1.165, 1.54) is 22.7 Å². The molecule has 0 bridgehead atoms. The Kier molecular flexibility index (Phi) is 5.77. The first kappa shape index (κ1) is 18.9. The molecule has 2 amide bonds. The minimum atomic E-state index is -0.781. The van der Waals surface area contributed by atoms with Crippen molar-refractivity contribution in [1.29, 1.82) is 0 Å². The second-order valence-electron chi connectivity index (χ2n) is 5.16. The van der Waals surface area contributed by atoms with Gasteiger partial charge in [-0.05, 0) is 24.4 Å². The number of carbonyl (C=O) groups excluding carboxylic acids is 2. The third-order valence-corrected chi connectivity index (χ3v) is 5.26. The number of anilines is 2. The fourth-order valence-corrected chi connectivity index (χ4v) is 4.08. The molecular formula is C17H17N3O5S2. The summed E-state index contributed by atoms with van der Waals surface area (Å²) in [6.45, 7) is 1.85. The molecular weight excluding hydrogens is 390 g/mol. The smallest absolute Gasteiger partial charge is 0.414 e. The third-order valence-electron chi connectivity index (χ3n) is 3.51. The average Bonchev–Trinajstić information content (AvgIpc) is 3.27. The molecule has 0 radical (unpaired) electrons. The molecule has 0 unspecified atom stereocenters. The number of alkyl carbamates (subject to hydrolysis) is 1. The molecule has 0 aliphatic rings. The Morgan fingerprint density at radius 3 is 2.74 bits per heavy atom. The van der Waals surface area contributed by atoms with Gasteiger partial charge in [0.2, 0.25) is 0 Å². The number of carbonyl (C=O) groups is 2. The molecule has 142 valence electrons. The predicted molar refractivity (Wildman–Crippen MR) is 105 cm³/mol. The van der Waals surface area contributed by atoms with Gasteiger partial charge in [-0.15, -0.1) is 11.3 Å². The van der Waals surface area contributed by atoms with Crippen molar-refractivity contribution < 1.29 is 23.8 Å². The number of benzene rings is 1. The highest BCUT2D eigenvalue weighted by atomic mass is 32.1. The van der Waals surface area contributed by atoms with Crippen LogP contribution >= 0.6 is 22.7 Å². The highest BCUT2D eigenvalue weighted by molar-refractivity contribution is 7.22. The van der Waals surface area contributed by atoms with Gasteiger partial charge in [0.1, 0.15) is 22.0 Å². The lowest BCUT2D eigenvalue weighted by Crippen LogP contribution is -2.31. The minimum absolute atomic E-state index is 0.185. The summed E-state index contributed by atoms with van der Waals surface area (Å²) in [5, 5.41) is 8.22. The maximum atomic E-state index is 12.3. The number of nitrogens with one attached hydrogen (secondary N) is 2. The predicted octanol–water partition coefficient (Wildman–Crippen LogP) is 4.00. The second-order valence-corrected chi connectivity index (χ2v) is 7.11. The van der Waals surface area contributed by atoms with Gasteiger partial charge in [-0.25, -0.2) is 9.78 Å². The van der Waals surface area contributed by atoms with Crippen molar-refractivity contribution in [2.45, 2.75) is 6.92 Å². The molecule has 0 saturated carbocycles. The number of hydrogen-bond donors (Lipinski definition) is 2. The van der Waals surface area contributed by atoms with Crippen LogP contribution in [0.2, 0.25) is 0 Å². The van der Waals surface area contributed by atoms with Crippen molar-refractivity contribution >= 4 is 55.0 Å². The molecule has 0 saturated heterocycles. The standard InChI is InChI=1S/C17H17N3O5S2/c1-4-25-17(22)19-14(21)10-5-6-26-15(10)20-16-18-13-11(24-3)7-9(23-2)8-12(13)27-16/h5-8H,4H2,1-3H3,(H,18,20)(H,19,21,22). The lowest BCUT2D eigenvalue weighted by atomic mass is 10.3. The van der Waals surface area contributed by atoms with E-state index < -0.39 is 12.0 Å². The van der Waals surface area contributed by atoms with Gasteiger partial charge in [0.15, 0.2) is 5.13 Å². The molecule has 2 heterocycles. The third kappa shape index (κ3) is 4.12. The fraction of sp³-hybridized carbons (Fsp3) is 0.235. The van der Waals surface area contributed by atoms with Crippen LogP contribution < -0.4 is 20.1 Å². The summed E-state index contributed by atoms with van der Waals surface area (Å²) < 4.78 is 16.3. The van der Waals surface area contributed by atoms with E-state index in [0.29, 0.717) is 32.7 Å². The Hall–Kier alpha value is -2.85. The van der Waals surface area contributed by atoms with E-state index >= 15 is 0 Å². The summed E-state index contributed by atoms with van der Waals surface area (Å²) in [5.74, 6) is 0.720. The SMILES string of the molecule is CCOC(=O)NC(=O)c1ccsc1Nc1nc2c(OC)cc(OC)cc2s1. The number of fused-ring (bicyclic) bond motifs is 1. The molecule has 0 aliphatic carbocycles. The number of nitrogens with zero attached hydrogens (tertiary/aromatic N) is 1. The van der Waals surface area contributed by atoms with E-state index in [1.54, 1.807) is 38.7 Å². The van der Waals surface area contributed by atoms with Gasteiger partial charge in [-0.2, -0.15) is 0 Å². The Labute approximate surface area is 163 Å². The number of methoxy groups -OCH3 is 2. The van der Waals surface area contributed by atoms with Gasteiger partial charge in [0, 0.05) is 6.07 Å². The van der Waals surface area contributed by atoms with Crippen LogP contribution in [-0.2, 0) is 4.74 Å². The molecule has 27 heavy (non-hydrogen) atoms. The van der Waals surface area contributed by atoms with Crippen molar-refractivity contribution in [1.82, 2.24) is 10.3 Å². The van der Waals surface area contributed by atoms with Crippen LogP contribution in [0.5, 0.6) is 11.5 Å². The van der Waals surface area contributed by atoms with Gasteiger partial charge in [-0.1, -0.05) is 11.3 Å². The number of thiazole rings is 1. The Bertz CT molecular complexity index is 982. The number of thiophene rings is 1. The molecule has 0 fully saturated rings. The van der Waals surface area contributed by atoms with Gasteiger partial charge >= 0.3 is 6.09 Å². The van der Waals surface area contributed by atoms with E-state index in [1.807, 2.05) is 6.07 Å². The van der Waals surface area contributed by atoms with Crippen LogP contribution in [0.3, 0.4) is 0 Å². The number of aromatic nitrogens is 1. The summed E-state index contributed by atoms with van der Waals surface area (Å²) in [4.78, 5) is 28.3. The summed E-state index contributed by atoms with van der Waals surface area (Å²) >= 11 is 2.73. The van der Waals surface area contributed by atoms with Crippen molar-refractivity contribution in [3.05, 3.63) is 29.1 Å². The van der Waals surface area contributed by atoms with Crippen LogP contribution in [0, 0.1) is 0 Å². The molecule has 0 atom stereocenters. The van der Waals surface area contributed by atoms with Gasteiger partial charge in [0.25, 0.3) is 5.91 Å². The van der Waals surface area contributed by atoms with Crippen molar-refractivity contribution in [3.63, 3.8) is 0 Å². The molecule has 0 spiro atoms. The molecule has 2 N–H and O–H groups in total. The second kappa shape index (κ2) is 8.23. The number of amides is 2. The van der Waals surface area contributed by atoms with Crippen molar-refractivity contribution in [3.8, 4) is 11.5 Å². The average molecular weight is 407 g/mol. The number of hydrogen-bond acceptors (Lipinski definition) is 9. The van der Waals surface area contributed by atoms with Crippen LogP contribution in [-0.4, -0.2) is 37.8 Å². The lowest BCUT2D eigenvalue weighted by Gasteiger charge is -2.05. The zero-order valence-corrected chi connectivity index (χ0v) is 16.5. The first-order chi connectivity index (χ1) is 13.0. The summed E-state index contributed by atoms with van der Waals surface area (Å²) in [7, 11) is 3.15. The van der Waals surface area contributed by atoms with Gasteiger partial charge < -0.3 is 19.5 Å². The first-order valence-corrected chi connectivity index (χ1v) is 9.60. The van der Waals surface area contributed by atoms with E-state index in [0.717, 1.165) is 4.70 Å². The molecule has 8 nitrogen and oxygen atoms in total. The summed E-state index contributed by atoms with van der Waals surface area (Å²) in [5.41, 5.74) is 1.02. The summed E-state index contributed by atoms with van der Waals surface area (Å²) in [6, 6.07) is 5.25. The maximum Gasteiger partial charge on any atom is 0.414 e. The Morgan fingerprint density at radius 2 is 2.04 bits per heavy atom. The van der Waals surface area contributed by atoms with E-state index in [9.17, 15) is 9.59 Å². The normalized spacial score (nSPS) is 10.5. The zero-order valence-electron chi connectivity index (χ0n) is 14.8. The Morgan fingerprint density at radius 1 is 1.22 bits per heavy atom.